The van der Waals surface area contributed by atoms with Crippen LogP contribution in [0.15, 0.2) is 12.1 Å². The molecule has 0 heterocycles. The second kappa shape index (κ2) is 7.10. The summed E-state index contributed by atoms with van der Waals surface area (Å²) in [4.78, 5) is 12.0. The number of rotatable bonds is 7. The van der Waals surface area contributed by atoms with E-state index in [1.807, 2.05) is 0 Å². The van der Waals surface area contributed by atoms with E-state index in [1.54, 1.807) is 0 Å². The number of hydrogen-bond donors (Lipinski definition) is 1. The van der Waals surface area contributed by atoms with Gasteiger partial charge in [-0.25, -0.2) is 13.2 Å². The molecule has 0 saturated heterocycles. The van der Waals surface area contributed by atoms with Gasteiger partial charge in [0, 0.05) is 31.8 Å². The van der Waals surface area contributed by atoms with E-state index in [-0.39, 0.29) is 31.8 Å². The third kappa shape index (κ3) is 4.88. The van der Waals surface area contributed by atoms with Gasteiger partial charge in [-0.1, -0.05) is 0 Å². The van der Waals surface area contributed by atoms with Crippen LogP contribution in [-0.4, -0.2) is 42.8 Å². The van der Waals surface area contributed by atoms with Gasteiger partial charge in [-0.3, -0.25) is 9.69 Å². The zero-order valence-corrected chi connectivity index (χ0v) is 10.3. The van der Waals surface area contributed by atoms with Gasteiger partial charge < -0.3 is 9.84 Å². The molecule has 0 aliphatic heterocycles. The molecule has 0 spiro atoms. The smallest absolute Gasteiger partial charge is 0.317 e. The number of carbonyl (C=O) groups is 1. The van der Waals surface area contributed by atoms with Crippen molar-refractivity contribution in [3.8, 4) is 0 Å². The average molecular weight is 277 g/mol. The van der Waals surface area contributed by atoms with Gasteiger partial charge in [0.05, 0.1) is 13.2 Å². The summed E-state index contributed by atoms with van der Waals surface area (Å²) < 4.78 is 44.0. The van der Waals surface area contributed by atoms with Gasteiger partial charge in [-0.2, -0.15) is 0 Å². The first kappa shape index (κ1) is 15.5. The molecular formula is C12H14F3NO3. The van der Waals surface area contributed by atoms with Crippen molar-refractivity contribution in [3.63, 3.8) is 0 Å². The highest BCUT2D eigenvalue weighted by molar-refractivity contribution is 5.69. The molecule has 19 heavy (non-hydrogen) atoms. The summed E-state index contributed by atoms with van der Waals surface area (Å²) >= 11 is 0. The van der Waals surface area contributed by atoms with E-state index in [4.69, 9.17) is 9.84 Å². The Bertz CT molecular complexity index is 454. The molecule has 0 aromatic heterocycles. The Morgan fingerprint density at radius 2 is 1.89 bits per heavy atom. The first-order valence-electron chi connectivity index (χ1n) is 5.50. The number of methoxy groups -OCH3 is 1. The lowest BCUT2D eigenvalue weighted by Gasteiger charge is -2.20. The molecule has 1 aromatic carbocycles. The third-order valence-corrected chi connectivity index (χ3v) is 2.45. The molecule has 1 aromatic rings. The van der Waals surface area contributed by atoms with Crippen LogP contribution in [0.4, 0.5) is 13.2 Å². The van der Waals surface area contributed by atoms with Crippen LogP contribution in [0.2, 0.25) is 0 Å². The largest absolute Gasteiger partial charge is 0.480 e. The molecule has 106 valence electrons. The molecule has 0 bridgehead atoms. The number of benzene rings is 1. The van der Waals surface area contributed by atoms with Crippen LogP contribution in [0.3, 0.4) is 0 Å². The predicted molar refractivity (Wildman–Crippen MR) is 61.1 cm³/mol. The van der Waals surface area contributed by atoms with E-state index >= 15 is 0 Å². The minimum absolute atomic E-state index is 0.101. The molecule has 0 radical (unpaired) electrons. The van der Waals surface area contributed by atoms with E-state index in [0.29, 0.717) is 6.07 Å². The molecule has 4 nitrogen and oxygen atoms in total. The van der Waals surface area contributed by atoms with Crippen molar-refractivity contribution in [1.82, 2.24) is 4.90 Å². The van der Waals surface area contributed by atoms with Crippen molar-refractivity contribution >= 4 is 5.97 Å². The molecule has 0 saturated carbocycles. The van der Waals surface area contributed by atoms with Gasteiger partial charge >= 0.3 is 5.97 Å². The van der Waals surface area contributed by atoms with Gasteiger partial charge in [0.15, 0.2) is 11.6 Å². The third-order valence-electron chi connectivity index (χ3n) is 2.45. The van der Waals surface area contributed by atoms with Crippen LogP contribution in [0.25, 0.3) is 0 Å². The summed E-state index contributed by atoms with van der Waals surface area (Å²) in [5.74, 6) is -4.45. The van der Waals surface area contributed by atoms with Crippen molar-refractivity contribution < 1.29 is 27.8 Å². The molecule has 0 aliphatic rings. The number of hydrogen-bond acceptors (Lipinski definition) is 3. The van der Waals surface area contributed by atoms with Crippen molar-refractivity contribution in [1.29, 1.82) is 0 Å². The Morgan fingerprint density at radius 1 is 1.26 bits per heavy atom. The van der Waals surface area contributed by atoms with Gasteiger partial charge in [0.25, 0.3) is 0 Å². The molecule has 0 unspecified atom stereocenters. The van der Waals surface area contributed by atoms with Crippen LogP contribution in [0.1, 0.15) is 5.56 Å². The van der Waals surface area contributed by atoms with Crippen LogP contribution in [-0.2, 0) is 16.1 Å². The summed E-state index contributed by atoms with van der Waals surface area (Å²) in [6, 6.07) is 1.17. The highest BCUT2D eigenvalue weighted by atomic mass is 19.2. The fourth-order valence-electron chi connectivity index (χ4n) is 1.55. The second-order valence-corrected chi connectivity index (χ2v) is 3.95. The Labute approximate surface area is 108 Å². The number of carboxylic acid groups (broad SMARTS) is 1. The first-order valence-corrected chi connectivity index (χ1v) is 5.50. The molecule has 7 heteroatoms. The maximum Gasteiger partial charge on any atom is 0.317 e. The van der Waals surface area contributed by atoms with Crippen LogP contribution < -0.4 is 0 Å². The zero-order chi connectivity index (χ0) is 14.4. The predicted octanol–water partition coefficient (Wildman–Crippen LogP) is 1.64. The van der Waals surface area contributed by atoms with Crippen molar-refractivity contribution in [2.45, 2.75) is 6.54 Å². The molecular weight excluding hydrogens is 263 g/mol. The summed E-state index contributed by atoms with van der Waals surface area (Å²) in [6.45, 7) is 0.000298. The molecule has 0 aliphatic carbocycles. The number of aliphatic carboxylic acids is 1. The van der Waals surface area contributed by atoms with Crippen LogP contribution in [0, 0.1) is 17.5 Å². The Kier molecular flexibility index (Phi) is 5.78. The van der Waals surface area contributed by atoms with Gasteiger partial charge in [-0.15, -0.1) is 0 Å². The van der Waals surface area contributed by atoms with E-state index in [1.165, 1.54) is 12.0 Å². The number of nitrogens with zero attached hydrogens (tertiary/aromatic N) is 1. The lowest BCUT2D eigenvalue weighted by Crippen LogP contribution is -2.32. The molecule has 0 amide bonds. The lowest BCUT2D eigenvalue weighted by atomic mass is 10.2. The summed E-state index contributed by atoms with van der Waals surface area (Å²) in [6.07, 6.45) is 0. The topological polar surface area (TPSA) is 49.8 Å². The van der Waals surface area contributed by atoms with Crippen LogP contribution in [0.5, 0.6) is 0 Å². The highest BCUT2D eigenvalue weighted by Crippen LogP contribution is 2.15. The molecule has 1 N–H and O–H groups in total. The minimum Gasteiger partial charge on any atom is -0.480 e. The number of halogens is 3. The van der Waals surface area contributed by atoms with E-state index in [9.17, 15) is 18.0 Å². The lowest BCUT2D eigenvalue weighted by molar-refractivity contribution is -0.138. The van der Waals surface area contributed by atoms with Crippen molar-refractivity contribution in [2.24, 2.45) is 0 Å². The Balaban J connectivity index is 2.82. The van der Waals surface area contributed by atoms with Gasteiger partial charge in [-0.05, 0) is 6.07 Å². The standard InChI is InChI=1S/C12H14F3NO3/c1-19-3-2-16(7-12(17)18)6-8-4-10(14)11(15)5-9(8)13/h4-5H,2-3,6-7H2,1H3,(H,17,18). The second-order valence-electron chi connectivity index (χ2n) is 3.95. The molecule has 0 atom stereocenters. The van der Waals surface area contributed by atoms with E-state index in [0.717, 1.165) is 6.07 Å². The zero-order valence-electron chi connectivity index (χ0n) is 10.3. The average Bonchev–Trinajstić information content (AvgIpc) is 2.32. The van der Waals surface area contributed by atoms with Gasteiger partial charge in [0.2, 0.25) is 0 Å². The fraction of sp³-hybridized carbons (Fsp3) is 0.417. The monoisotopic (exact) mass is 277 g/mol. The quantitative estimate of drug-likeness (QED) is 0.770. The highest BCUT2D eigenvalue weighted by Gasteiger charge is 2.15. The summed E-state index contributed by atoms with van der Waals surface area (Å²) in [5, 5.41) is 8.72. The summed E-state index contributed by atoms with van der Waals surface area (Å²) in [7, 11) is 1.44. The van der Waals surface area contributed by atoms with Gasteiger partial charge in [0.1, 0.15) is 5.82 Å². The fourth-order valence-corrected chi connectivity index (χ4v) is 1.55. The normalized spacial score (nSPS) is 11.0. The van der Waals surface area contributed by atoms with Crippen LogP contribution >= 0.6 is 0 Å². The number of carboxylic acids is 1. The molecule has 0 fully saturated rings. The SMILES string of the molecule is COCCN(CC(=O)O)Cc1cc(F)c(F)cc1F. The number of ether oxygens (including phenoxy) is 1. The van der Waals surface area contributed by atoms with Crippen molar-refractivity contribution in [2.75, 3.05) is 26.8 Å². The first-order chi connectivity index (χ1) is 8.93. The maximum absolute atomic E-state index is 13.4. The minimum atomic E-state index is -1.28. The van der Waals surface area contributed by atoms with Crippen molar-refractivity contribution in [3.05, 3.63) is 35.1 Å². The van der Waals surface area contributed by atoms with E-state index < -0.39 is 23.4 Å². The Morgan fingerprint density at radius 3 is 2.47 bits per heavy atom. The van der Waals surface area contributed by atoms with E-state index in [2.05, 4.69) is 0 Å². The molecule has 1 rings (SSSR count). The maximum atomic E-state index is 13.4. The summed E-state index contributed by atoms with van der Waals surface area (Å²) in [5.41, 5.74) is -0.101. The Hall–Kier alpha value is -1.60.